The summed E-state index contributed by atoms with van der Waals surface area (Å²) in [6.07, 6.45) is 0. The van der Waals surface area contributed by atoms with Gasteiger partial charge in [-0.15, -0.1) is 0 Å². The van der Waals surface area contributed by atoms with Crippen LogP contribution in [0.5, 0.6) is 0 Å². The van der Waals surface area contributed by atoms with Crippen LogP contribution in [0.4, 0.5) is 0 Å². The number of rotatable bonds is 4. The Labute approximate surface area is 68.8 Å². The number of hydrogen-bond acceptors (Lipinski definition) is 4. The molecule has 0 unspecified atom stereocenters. The molecule has 68 valence electrons. The number of hydroxylamine groups is 1. The van der Waals surface area contributed by atoms with Gasteiger partial charge in [-0.3, -0.25) is 9.63 Å². The van der Waals surface area contributed by atoms with Crippen LogP contribution in [0, 0.1) is 5.92 Å². The van der Waals surface area contributed by atoms with Gasteiger partial charge < -0.3 is 10.4 Å². The lowest BCUT2D eigenvalue weighted by molar-refractivity contribution is -0.151. The third-order valence-corrected chi connectivity index (χ3v) is 1.52. The molecule has 1 fully saturated rings. The predicted molar refractivity (Wildman–Crippen MR) is 38.1 cm³/mol. The summed E-state index contributed by atoms with van der Waals surface area (Å²) in [5.41, 5.74) is 2.06. The zero-order valence-corrected chi connectivity index (χ0v) is 6.37. The molecule has 0 aliphatic carbocycles. The molecule has 0 saturated carbocycles. The van der Waals surface area contributed by atoms with E-state index in [1.54, 1.807) is 0 Å². The predicted octanol–water partition coefficient (Wildman–Crippen LogP) is -1.66. The Kier molecular flexibility index (Phi) is 3.01. The summed E-state index contributed by atoms with van der Waals surface area (Å²) in [6, 6.07) is 0. The minimum absolute atomic E-state index is 0.0844. The van der Waals surface area contributed by atoms with E-state index >= 15 is 0 Å². The van der Waals surface area contributed by atoms with Crippen molar-refractivity contribution in [3.8, 4) is 0 Å². The Morgan fingerprint density at radius 2 is 2.25 bits per heavy atom. The summed E-state index contributed by atoms with van der Waals surface area (Å²) in [5, 5.41) is 11.1. The van der Waals surface area contributed by atoms with E-state index in [2.05, 4.69) is 15.6 Å². The molecular formula is C6H10N2O4. The Hall–Kier alpha value is -1.14. The molecule has 0 spiro atoms. The Morgan fingerprint density at radius 1 is 1.58 bits per heavy atom. The van der Waals surface area contributed by atoms with Gasteiger partial charge in [-0.05, 0) is 0 Å². The van der Waals surface area contributed by atoms with E-state index in [9.17, 15) is 9.59 Å². The van der Waals surface area contributed by atoms with Crippen molar-refractivity contribution in [2.45, 2.75) is 0 Å². The molecule has 0 aromatic heterocycles. The Bertz CT molecular complexity index is 190. The Morgan fingerprint density at radius 3 is 2.67 bits per heavy atom. The maximum atomic E-state index is 10.9. The summed E-state index contributed by atoms with van der Waals surface area (Å²) in [5.74, 6) is -1.46. The fourth-order valence-corrected chi connectivity index (χ4v) is 0.726. The number of carboxylic acid groups (broad SMARTS) is 1. The van der Waals surface area contributed by atoms with Gasteiger partial charge in [-0.2, -0.15) is 0 Å². The van der Waals surface area contributed by atoms with Crippen molar-refractivity contribution in [1.29, 1.82) is 0 Å². The quantitative estimate of drug-likeness (QED) is 0.444. The topological polar surface area (TPSA) is 87.7 Å². The van der Waals surface area contributed by atoms with Crippen LogP contribution in [0.1, 0.15) is 0 Å². The van der Waals surface area contributed by atoms with Gasteiger partial charge in [0, 0.05) is 13.1 Å². The molecule has 6 nitrogen and oxygen atoms in total. The SMILES string of the molecule is O=C(O)CONC(=O)C1CNC1. The minimum atomic E-state index is -1.11. The van der Waals surface area contributed by atoms with Gasteiger partial charge in [0.1, 0.15) is 0 Å². The molecule has 1 aliphatic rings. The standard InChI is InChI=1S/C6H10N2O4/c9-5(10)3-12-8-6(11)4-1-7-2-4/h4,7H,1-3H2,(H,8,11)(H,9,10). The van der Waals surface area contributed by atoms with Crippen molar-refractivity contribution in [3.63, 3.8) is 0 Å². The highest BCUT2D eigenvalue weighted by Gasteiger charge is 2.24. The molecule has 6 heteroatoms. The maximum Gasteiger partial charge on any atom is 0.332 e. The number of hydrogen-bond donors (Lipinski definition) is 3. The van der Waals surface area contributed by atoms with Gasteiger partial charge in [-0.1, -0.05) is 0 Å². The van der Waals surface area contributed by atoms with E-state index < -0.39 is 12.6 Å². The largest absolute Gasteiger partial charge is 0.479 e. The number of carboxylic acids is 1. The summed E-state index contributed by atoms with van der Waals surface area (Å²) in [6.45, 7) is 0.746. The molecule has 1 aliphatic heterocycles. The summed E-state index contributed by atoms with van der Waals surface area (Å²) in [7, 11) is 0. The normalized spacial score (nSPS) is 16.7. The lowest BCUT2D eigenvalue weighted by Gasteiger charge is -2.25. The molecule has 0 atom stereocenters. The maximum absolute atomic E-state index is 10.9. The van der Waals surface area contributed by atoms with Crippen LogP contribution in [-0.2, 0) is 14.4 Å². The molecule has 0 aromatic rings. The summed E-state index contributed by atoms with van der Waals surface area (Å²) in [4.78, 5) is 25.3. The van der Waals surface area contributed by atoms with Crippen LogP contribution in [0.2, 0.25) is 0 Å². The number of carbonyl (C=O) groups is 2. The molecule has 3 N–H and O–H groups in total. The first-order valence-electron chi connectivity index (χ1n) is 3.54. The Balaban J connectivity index is 2.05. The minimum Gasteiger partial charge on any atom is -0.479 e. The van der Waals surface area contributed by atoms with Crippen molar-refractivity contribution < 1.29 is 19.5 Å². The summed E-state index contributed by atoms with van der Waals surface area (Å²) >= 11 is 0. The lowest BCUT2D eigenvalue weighted by Crippen LogP contribution is -2.50. The first kappa shape index (κ1) is 8.95. The highest BCUT2D eigenvalue weighted by atomic mass is 16.7. The zero-order valence-electron chi connectivity index (χ0n) is 6.37. The van der Waals surface area contributed by atoms with Gasteiger partial charge >= 0.3 is 5.97 Å². The second-order valence-corrected chi connectivity index (χ2v) is 2.50. The lowest BCUT2D eigenvalue weighted by atomic mass is 10.0. The molecule has 1 amide bonds. The third-order valence-electron chi connectivity index (χ3n) is 1.52. The van der Waals surface area contributed by atoms with Crippen LogP contribution in [0.15, 0.2) is 0 Å². The van der Waals surface area contributed by atoms with E-state index in [-0.39, 0.29) is 11.8 Å². The molecule has 0 aromatic carbocycles. The second kappa shape index (κ2) is 4.03. The van der Waals surface area contributed by atoms with Gasteiger partial charge in [0.05, 0.1) is 5.92 Å². The molecule has 1 heterocycles. The first-order valence-corrected chi connectivity index (χ1v) is 3.54. The zero-order chi connectivity index (χ0) is 8.97. The fraction of sp³-hybridized carbons (Fsp3) is 0.667. The molecule has 12 heavy (non-hydrogen) atoms. The molecule has 0 bridgehead atoms. The smallest absolute Gasteiger partial charge is 0.332 e. The van der Waals surface area contributed by atoms with Crippen LogP contribution in [-0.4, -0.2) is 36.7 Å². The van der Waals surface area contributed by atoms with Crippen molar-refractivity contribution in [2.75, 3.05) is 19.7 Å². The molecular weight excluding hydrogens is 164 g/mol. The van der Waals surface area contributed by atoms with E-state index in [4.69, 9.17) is 5.11 Å². The van der Waals surface area contributed by atoms with Crippen LogP contribution in [0.25, 0.3) is 0 Å². The van der Waals surface area contributed by atoms with Crippen LogP contribution < -0.4 is 10.8 Å². The van der Waals surface area contributed by atoms with Gasteiger partial charge in [-0.25, -0.2) is 10.3 Å². The van der Waals surface area contributed by atoms with Crippen molar-refractivity contribution >= 4 is 11.9 Å². The van der Waals surface area contributed by atoms with E-state index in [1.165, 1.54) is 0 Å². The number of nitrogens with one attached hydrogen (secondary N) is 2. The molecule has 1 rings (SSSR count). The van der Waals surface area contributed by atoms with Crippen molar-refractivity contribution in [1.82, 2.24) is 10.8 Å². The van der Waals surface area contributed by atoms with Crippen LogP contribution >= 0.6 is 0 Å². The fourth-order valence-electron chi connectivity index (χ4n) is 0.726. The number of aliphatic carboxylic acids is 1. The third kappa shape index (κ3) is 2.48. The van der Waals surface area contributed by atoms with E-state index in [0.717, 1.165) is 0 Å². The van der Waals surface area contributed by atoms with Crippen molar-refractivity contribution in [2.24, 2.45) is 5.92 Å². The van der Waals surface area contributed by atoms with Gasteiger partial charge in [0.25, 0.3) is 0 Å². The monoisotopic (exact) mass is 174 g/mol. The van der Waals surface area contributed by atoms with Gasteiger partial charge in [0.15, 0.2) is 6.61 Å². The number of carbonyl (C=O) groups excluding carboxylic acids is 1. The van der Waals surface area contributed by atoms with Crippen molar-refractivity contribution in [3.05, 3.63) is 0 Å². The summed E-state index contributed by atoms with van der Waals surface area (Å²) < 4.78 is 0. The average molecular weight is 174 g/mol. The molecule has 1 saturated heterocycles. The highest BCUT2D eigenvalue weighted by Crippen LogP contribution is 2.01. The van der Waals surface area contributed by atoms with E-state index in [1.807, 2.05) is 0 Å². The number of amides is 1. The van der Waals surface area contributed by atoms with E-state index in [0.29, 0.717) is 13.1 Å². The molecule has 0 radical (unpaired) electrons. The van der Waals surface area contributed by atoms with Gasteiger partial charge in [0.2, 0.25) is 5.91 Å². The second-order valence-electron chi connectivity index (χ2n) is 2.50. The first-order chi connectivity index (χ1) is 5.70. The highest BCUT2D eigenvalue weighted by molar-refractivity contribution is 5.79. The van der Waals surface area contributed by atoms with Crippen LogP contribution in [0.3, 0.4) is 0 Å². The average Bonchev–Trinajstić information content (AvgIpc) is 1.81.